The van der Waals surface area contributed by atoms with Crippen molar-refractivity contribution in [1.82, 2.24) is 4.57 Å². The third kappa shape index (κ3) is 3.91. The van der Waals surface area contributed by atoms with E-state index in [1.807, 2.05) is 18.4 Å². The third-order valence-corrected chi connectivity index (χ3v) is 2.70. The van der Waals surface area contributed by atoms with Crippen LogP contribution in [0.15, 0.2) is 12.3 Å². The Hall–Kier alpha value is -1.78. The normalized spacial score (nSPS) is 10.8. The van der Waals surface area contributed by atoms with Crippen LogP contribution in [0.3, 0.4) is 0 Å². The molecule has 0 bridgehead atoms. The number of rotatable bonds is 7. The van der Waals surface area contributed by atoms with Crippen LogP contribution in [0.5, 0.6) is 0 Å². The highest BCUT2D eigenvalue weighted by molar-refractivity contribution is 5.89. The van der Waals surface area contributed by atoms with E-state index >= 15 is 0 Å². The molecule has 5 nitrogen and oxygen atoms in total. The first-order valence-electron chi connectivity index (χ1n) is 6.05. The number of aryl methyl sites for hydroxylation is 1. The van der Waals surface area contributed by atoms with Crippen LogP contribution < -0.4 is 0 Å². The number of aromatic carboxylic acids is 1. The summed E-state index contributed by atoms with van der Waals surface area (Å²) in [4.78, 5) is 21.6. The fourth-order valence-electron chi connectivity index (χ4n) is 1.92. The molecule has 0 radical (unpaired) electrons. The van der Waals surface area contributed by atoms with Gasteiger partial charge < -0.3 is 14.8 Å². The first-order chi connectivity index (χ1) is 8.41. The van der Waals surface area contributed by atoms with Crippen LogP contribution in [-0.4, -0.2) is 26.7 Å². The van der Waals surface area contributed by atoms with E-state index in [0.717, 1.165) is 5.69 Å². The molecule has 0 atom stereocenters. The van der Waals surface area contributed by atoms with Crippen molar-refractivity contribution in [1.29, 1.82) is 0 Å². The van der Waals surface area contributed by atoms with Gasteiger partial charge in [0.05, 0.1) is 5.56 Å². The first-order valence-corrected chi connectivity index (χ1v) is 6.05. The van der Waals surface area contributed by atoms with Crippen LogP contribution in [0.25, 0.3) is 0 Å². The van der Waals surface area contributed by atoms with Gasteiger partial charge in [-0.25, -0.2) is 4.79 Å². The third-order valence-electron chi connectivity index (χ3n) is 2.70. The van der Waals surface area contributed by atoms with Crippen LogP contribution >= 0.6 is 0 Å². The molecular formula is C13H19NO4. The summed E-state index contributed by atoms with van der Waals surface area (Å²) in [5, 5.41) is 17.7. The Kier molecular flexibility index (Phi) is 4.95. The summed E-state index contributed by atoms with van der Waals surface area (Å²) >= 11 is 0. The minimum atomic E-state index is -0.928. The van der Waals surface area contributed by atoms with E-state index in [2.05, 4.69) is 0 Å². The van der Waals surface area contributed by atoms with Crippen molar-refractivity contribution in [3.63, 3.8) is 0 Å². The second-order valence-electron chi connectivity index (χ2n) is 4.77. The second-order valence-corrected chi connectivity index (χ2v) is 4.77. The second kappa shape index (κ2) is 6.23. The number of hydrogen-bond donors (Lipinski definition) is 2. The minimum Gasteiger partial charge on any atom is -0.481 e. The Morgan fingerprint density at radius 3 is 2.50 bits per heavy atom. The standard InChI is InChI=1S/C13H19NO4/c1-9(2)8-11-10(13(17)18)5-7-14(11)6-3-4-12(15)16/h5,7,9H,3-4,6,8H2,1-2H3,(H,15,16)(H,17,18). The van der Waals surface area contributed by atoms with Crippen molar-refractivity contribution >= 4 is 11.9 Å². The zero-order valence-corrected chi connectivity index (χ0v) is 10.7. The average molecular weight is 253 g/mol. The van der Waals surface area contributed by atoms with E-state index in [1.54, 1.807) is 12.3 Å². The van der Waals surface area contributed by atoms with Gasteiger partial charge in [0.1, 0.15) is 0 Å². The molecule has 1 aromatic heterocycles. The Balaban J connectivity index is 2.83. The van der Waals surface area contributed by atoms with Gasteiger partial charge in [-0.05, 0) is 24.8 Å². The van der Waals surface area contributed by atoms with Crippen molar-refractivity contribution in [2.45, 2.75) is 39.7 Å². The quantitative estimate of drug-likeness (QED) is 0.781. The van der Waals surface area contributed by atoms with Crippen LogP contribution in [0.1, 0.15) is 42.7 Å². The highest BCUT2D eigenvalue weighted by Gasteiger charge is 2.16. The molecule has 18 heavy (non-hydrogen) atoms. The molecule has 0 aliphatic heterocycles. The van der Waals surface area contributed by atoms with Gasteiger partial charge in [0, 0.05) is 24.9 Å². The van der Waals surface area contributed by atoms with Crippen LogP contribution in [0, 0.1) is 5.92 Å². The molecule has 2 N–H and O–H groups in total. The van der Waals surface area contributed by atoms with Gasteiger partial charge >= 0.3 is 11.9 Å². The number of carbonyl (C=O) groups is 2. The number of nitrogens with zero attached hydrogens (tertiary/aromatic N) is 1. The monoisotopic (exact) mass is 253 g/mol. The summed E-state index contributed by atoms with van der Waals surface area (Å²) in [7, 11) is 0. The number of carboxylic acid groups (broad SMARTS) is 2. The van der Waals surface area contributed by atoms with Crippen molar-refractivity contribution < 1.29 is 19.8 Å². The van der Waals surface area contributed by atoms with Crippen molar-refractivity contribution in [2.24, 2.45) is 5.92 Å². The maximum atomic E-state index is 11.1. The predicted molar refractivity (Wildman–Crippen MR) is 66.8 cm³/mol. The van der Waals surface area contributed by atoms with Crippen molar-refractivity contribution in [3.8, 4) is 0 Å². The minimum absolute atomic E-state index is 0.0989. The maximum Gasteiger partial charge on any atom is 0.337 e. The van der Waals surface area contributed by atoms with Crippen molar-refractivity contribution in [2.75, 3.05) is 0 Å². The predicted octanol–water partition coefficient (Wildman–Crippen LogP) is 2.25. The lowest BCUT2D eigenvalue weighted by Crippen LogP contribution is -2.10. The summed E-state index contributed by atoms with van der Waals surface area (Å²) in [5.41, 5.74) is 1.10. The van der Waals surface area contributed by atoms with Crippen molar-refractivity contribution in [3.05, 3.63) is 23.5 Å². The summed E-state index contributed by atoms with van der Waals surface area (Å²) in [6.07, 6.45) is 3.01. The van der Waals surface area contributed by atoms with E-state index < -0.39 is 11.9 Å². The molecule has 100 valence electrons. The number of aliphatic carboxylic acids is 1. The molecule has 1 rings (SSSR count). The van der Waals surface area contributed by atoms with Gasteiger partial charge in [-0.2, -0.15) is 0 Å². The highest BCUT2D eigenvalue weighted by atomic mass is 16.4. The van der Waals surface area contributed by atoms with Crippen LogP contribution in [-0.2, 0) is 17.8 Å². The Labute approximate surface area is 106 Å². The molecule has 0 unspecified atom stereocenters. The average Bonchev–Trinajstić information content (AvgIpc) is 2.60. The van der Waals surface area contributed by atoms with Gasteiger partial charge in [-0.15, -0.1) is 0 Å². The van der Waals surface area contributed by atoms with Gasteiger partial charge in [0.2, 0.25) is 0 Å². The lowest BCUT2D eigenvalue weighted by atomic mass is 10.0. The molecule has 0 aliphatic carbocycles. The van der Waals surface area contributed by atoms with Gasteiger partial charge in [-0.3, -0.25) is 4.79 Å². The summed E-state index contributed by atoms with van der Waals surface area (Å²) < 4.78 is 1.85. The largest absolute Gasteiger partial charge is 0.481 e. The van der Waals surface area contributed by atoms with E-state index in [0.29, 0.717) is 30.9 Å². The summed E-state index contributed by atoms with van der Waals surface area (Å²) in [6, 6.07) is 1.58. The zero-order chi connectivity index (χ0) is 13.7. The summed E-state index contributed by atoms with van der Waals surface area (Å²) in [5.74, 6) is -1.40. The Morgan fingerprint density at radius 2 is 2.00 bits per heavy atom. The molecule has 0 fully saturated rings. The van der Waals surface area contributed by atoms with E-state index in [9.17, 15) is 9.59 Å². The van der Waals surface area contributed by atoms with E-state index in [-0.39, 0.29) is 6.42 Å². The fraction of sp³-hybridized carbons (Fsp3) is 0.538. The van der Waals surface area contributed by atoms with Gasteiger partial charge in [0.15, 0.2) is 0 Å². The lowest BCUT2D eigenvalue weighted by Gasteiger charge is -2.11. The maximum absolute atomic E-state index is 11.1. The number of carboxylic acids is 2. The molecule has 0 aliphatic rings. The fourth-order valence-corrected chi connectivity index (χ4v) is 1.92. The Morgan fingerprint density at radius 1 is 1.33 bits per heavy atom. The van der Waals surface area contributed by atoms with E-state index in [1.165, 1.54) is 0 Å². The Bertz CT molecular complexity index is 434. The molecule has 0 saturated heterocycles. The van der Waals surface area contributed by atoms with Crippen LogP contribution in [0.2, 0.25) is 0 Å². The molecule has 0 amide bonds. The molecular weight excluding hydrogens is 234 g/mol. The summed E-state index contributed by atoms with van der Waals surface area (Å²) in [6.45, 7) is 4.60. The van der Waals surface area contributed by atoms with E-state index in [4.69, 9.17) is 10.2 Å². The number of hydrogen-bond acceptors (Lipinski definition) is 2. The molecule has 0 aromatic carbocycles. The van der Waals surface area contributed by atoms with Crippen LogP contribution in [0.4, 0.5) is 0 Å². The highest BCUT2D eigenvalue weighted by Crippen LogP contribution is 2.17. The zero-order valence-electron chi connectivity index (χ0n) is 10.7. The molecule has 5 heteroatoms. The van der Waals surface area contributed by atoms with Gasteiger partial charge in [0.25, 0.3) is 0 Å². The molecule has 1 aromatic rings. The SMILES string of the molecule is CC(C)Cc1c(C(=O)O)ccn1CCCC(=O)O. The molecule has 0 spiro atoms. The molecule has 1 heterocycles. The van der Waals surface area contributed by atoms with Gasteiger partial charge in [-0.1, -0.05) is 13.8 Å². The number of aromatic nitrogens is 1. The lowest BCUT2D eigenvalue weighted by molar-refractivity contribution is -0.137. The topological polar surface area (TPSA) is 79.5 Å². The first kappa shape index (κ1) is 14.3. The molecule has 0 saturated carbocycles. The smallest absolute Gasteiger partial charge is 0.337 e.